The molecule has 0 spiro atoms. The standard InChI is InChI=1S/C24H34N2O5.ClH/c1-17(27)18-4-5-22-21(16-18)26(23(28)31-22)19-8-12-25(13-9-19)24(2)10-6-20(7-11-24)30-15-14-29-3;/h4-5,16,19-20H,6-15H2,1-3H3;1H. The molecule has 1 aliphatic heterocycles. The molecule has 1 aromatic carbocycles. The van der Waals surface area contributed by atoms with E-state index in [0.717, 1.165) is 57.1 Å². The Bertz CT molecular complexity index is 968. The molecule has 8 heteroatoms. The number of piperidine rings is 1. The first-order valence-corrected chi connectivity index (χ1v) is 11.4. The van der Waals surface area contributed by atoms with Crippen molar-refractivity contribution in [2.24, 2.45) is 0 Å². The number of ketones is 1. The zero-order valence-electron chi connectivity index (χ0n) is 19.3. The highest BCUT2D eigenvalue weighted by Gasteiger charge is 2.38. The number of halogens is 1. The second kappa shape index (κ2) is 10.5. The van der Waals surface area contributed by atoms with Gasteiger partial charge in [0.05, 0.1) is 24.8 Å². The fourth-order valence-corrected chi connectivity index (χ4v) is 5.26. The van der Waals surface area contributed by atoms with Gasteiger partial charge in [-0.1, -0.05) is 0 Å². The first-order valence-electron chi connectivity index (χ1n) is 11.4. The minimum absolute atomic E-state index is 0. The smallest absolute Gasteiger partial charge is 0.408 e. The average molecular weight is 467 g/mol. The Hall–Kier alpha value is -1.67. The Morgan fingerprint density at radius 1 is 1.16 bits per heavy atom. The van der Waals surface area contributed by atoms with Crippen LogP contribution in [0.25, 0.3) is 11.1 Å². The van der Waals surface area contributed by atoms with Crippen molar-refractivity contribution >= 4 is 29.3 Å². The van der Waals surface area contributed by atoms with Crippen LogP contribution in [0.4, 0.5) is 0 Å². The number of oxazole rings is 1. The molecule has 0 N–H and O–H groups in total. The summed E-state index contributed by atoms with van der Waals surface area (Å²) in [7, 11) is 1.70. The van der Waals surface area contributed by atoms with Crippen LogP contribution >= 0.6 is 12.4 Å². The summed E-state index contributed by atoms with van der Waals surface area (Å²) in [5.41, 5.74) is 2.08. The number of carbonyl (C=O) groups excluding carboxylic acids is 1. The van der Waals surface area contributed by atoms with Crippen molar-refractivity contribution in [2.75, 3.05) is 33.4 Å². The molecular formula is C24H35ClN2O5. The largest absolute Gasteiger partial charge is 0.420 e. The van der Waals surface area contributed by atoms with Crippen LogP contribution in [0, 0.1) is 0 Å². The van der Waals surface area contributed by atoms with Crippen LogP contribution in [-0.4, -0.2) is 60.3 Å². The molecule has 0 unspecified atom stereocenters. The molecule has 1 saturated carbocycles. The maximum absolute atomic E-state index is 12.6. The van der Waals surface area contributed by atoms with Crippen molar-refractivity contribution in [1.82, 2.24) is 9.47 Å². The maximum Gasteiger partial charge on any atom is 0.420 e. The zero-order chi connectivity index (χ0) is 22.0. The summed E-state index contributed by atoms with van der Waals surface area (Å²) >= 11 is 0. The van der Waals surface area contributed by atoms with Crippen molar-refractivity contribution < 1.29 is 18.7 Å². The van der Waals surface area contributed by atoms with Gasteiger partial charge in [-0.3, -0.25) is 14.3 Å². The Labute approximate surface area is 195 Å². The summed E-state index contributed by atoms with van der Waals surface area (Å²) in [5, 5.41) is 0. The van der Waals surface area contributed by atoms with E-state index in [9.17, 15) is 9.59 Å². The topological polar surface area (TPSA) is 73.9 Å². The van der Waals surface area contributed by atoms with Crippen molar-refractivity contribution in [1.29, 1.82) is 0 Å². The van der Waals surface area contributed by atoms with E-state index in [1.807, 2.05) is 0 Å². The molecular weight excluding hydrogens is 432 g/mol. The summed E-state index contributed by atoms with van der Waals surface area (Å²) in [6.07, 6.45) is 6.58. The highest BCUT2D eigenvalue weighted by Crippen LogP contribution is 2.38. The van der Waals surface area contributed by atoms with Crippen molar-refractivity contribution in [3.8, 4) is 0 Å². The summed E-state index contributed by atoms with van der Waals surface area (Å²) in [5.74, 6) is -0.333. The lowest BCUT2D eigenvalue weighted by Gasteiger charge is -2.48. The molecule has 0 bridgehead atoms. The monoisotopic (exact) mass is 466 g/mol. The Kier molecular flexibility index (Phi) is 8.20. The fourth-order valence-electron chi connectivity index (χ4n) is 5.26. The summed E-state index contributed by atoms with van der Waals surface area (Å²) in [6.45, 7) is 7.15. The van der Waals surface area contributed by atoms with E-state index in [-0.39, 0.29) is 35.5 Å². The van der Waals surface area contributed by atoms with Gasteiger partial charge in [0.15, 0.2) is 11.4 Å². The second-order valence-corrected chi connectivity index (χ2v) is 9.25. The highest BCUT2D eigenvalue weighted by atomic mass is 35.5. The van der Waals surface area contributed by atoms with E-state index in [2.05, 4.69) is 11.8 Å². The molecule has 2 aromatic rings. The van der Waals surface area contributed by atoms with Crippen LogP contribution in [0.15, 0.2) is 27.4 Å². The van der Waals surface area contributed by atoms with E-state index >= 15 is 0 Å². The van der Waals surface area contributed by atoms with E-state index in [1.165, 1.54) is 0 Å². The highest BCUT2D eigenvalue weighted by molar-refractivity contribution is 5.97. The first-order chi connectivity index (χ1) is 14.9. The summed E-state index contributed by atoms with van der Waals surface area (Å²) in [4.78, 5) is 27.0. The molecule has 2 aliphatic rings. The third kappa shape index (κ3) is 5.11. The molecule has 0 radical (unpaired) electrons. The van der Waals surface area contributed by atoms with Gasteiger partial charge < -0.3 is 13.9 Å². The van der Waals surface area contributed by atoms with E-state index in [0.29, 0.717) is 30.5 Å². The number of Topliss-reactive ketones (excluding diaryl/α,β-unsaturated/α-hetero) is 1. The molecule has 7 nitrogen and oxygen atoms in total. The van der Waals surface area contributed by atoms with Gasteiger partial charge in [-0.05, 0) is 70.6 Å². The number of rotatable bonds is 7. The lowest BCUT2D eigenvalue weighted by atomic mass is 9.79. The lowest BCUT2D eigenvalue weighted by Crippen LogP contribution is -2.53. The number of fused-ring (bicyclic) bond motifs is 1. The quantitative estimate of drug-likeness (QED) is 0.449. The number of benzene rings is 1. The van der Waals surface area contributed by atoms with Gasteiger partial charge in [0.25, 0.3) is 0 Å². The van der Waals surface area contributed by atoms with Gasteiger partial charge in [-0.2, -0.15) is 0 Å². The fraction of sp³-hybridized carbons (Fsp3) is 0.667. The minimum atomic E-state index is -0.325. The number of methoxy groups -OCH3 is 1. The molecule has 1 saturated heterocycles. The Balaban J connectivity index is 0.00000289. The second-order valence-electron chi connectivity index (χ2n) is 9.25. The van der Waals surface area contributed by atoms with E-state index in [1.54, 1.807) is 36.8 Å². The van der Waals surface area contributed by atoms with Gasteiger partial charge in [0, 0.05) is 37.3 Å². The van der Waals surface area contributed by atoms with Crippen molar-refractivity contribution in [3.63, 3.8) is 0 Å². The molecule has 1 aromatic heterocycles. The zero-order valence-corrected chi connectivity index (χ0v) is 20.1. The van der Waals surface area contributed by atoms with Gasteiger partial charge in [-0.15, -0.1) is 12.4 Å². The Morgan fingerprint density at radius 3 is 2.47 bits per heavy atom. The first kappa shape index (κ1) is 25.0. The number of aromatic nitrogens is 1. The molecule has 178 valence electrons. The van der Waals surface area contributed by atoms with Crippen molar-refractivity contribution in [2.45, 2.75) is 70.1 Å². The molecule has 4 rings (SSSR count). The number of nitrogens with zero attached hydrogens (tertiary/aromatic N) is 2. The molecule has 2 heterocycles. The van der Waals surface area contributed by atoms with E-state index < -0.39 is 0 Å². The predicted octanol–water partition coefficient (Wildman–Crippen LogP) is 4.22. The number of carbonyl (C=O) groups is 1. The van der Waals surface area contributed by atoms with Crippen LogP contribution in [0.3, 0.4) is 0 Å². The number of likely N-dealkylation sites (tertiary alicyclic amines) is 1. The third-order valence-corrected chi connectivity index (χ3v) is 7.26. The minimum Gasteiger partial charge on any atom is -0.408 e. The Morgan fingerprint density at radius 2 is 1.84 bits per heavy atom. The van der Waals surface area contributed by atoms with Crippen LogP contribution < -0.4 is 5.76 Å². The summed E-state index contributed by atoms with van der Waals surface area (Å²) < 4.78 is 18.2. The molecule has 2 fully saturated rings. The van der Waals surface area contributed by atoms with Crippen LogP contribution in [0.5, 0.6) is 0 Å². The molecule has 0 atom stereocenters. The van der Waals surface area contributed by atoms with Crippen LogP contribution in [0.1, 0.15) is 68.8 Å². The molecule has 1 aliphatic carbocycles. The molecule has 0 amide bonds. The SMILES string of the molecule is COCCOC1CCC(C)(N2CCC(n3c(=O)oc4ccc(C(C)=O)cc43)CC2)CC1.Cl. The van der Waals surface area contributed by atoms with Crippen LogP contribution in [0.2, 0.25) is 0 Å². The number of hydrogen-bond donors (Lipinski definition) is 0. The van der Waals surface area contributed by atoms with E-state index in [4.69, 9.17) is 13.9 Å². The predicted molar refractivity (Wildman–Crippen MR) is 126 cm³/mol. The number of hydrogen-bond acceptors (Lipinski definition) is 6. The van der Waals surface area contributed by atoms with Gasteiger partial charge >= 0.3 is 5.76 Å². The average Bonchev–Trinajstić information content (AvgIpc) is 3.10. The maximum atomic E-state index is 12.6. The van der Waals surface area contributed by atoms with Crippen LogP contribution in [-0.2, 0) is 9.47 Å². The third-order valence-electron chi connectivity index (χ3n) is 7.26. The lowest BCUT2D eigenvalue weighted by molar-refractivity contribution is -0.0419. The van der Waals surface area contributed by atoms with Crippen molar-refractivity contribution in [3.05, 3.63) is 34.3 Å². The summed E-state index contributed by atoms with van der Waals surface area (Å²) in [6, 6.07) is 5.34. The molecule has 32 heavy (non-hydrogen) atoms. The normalized spacial score (nSPS) is 25.0. The van der Waals surface area contributed by atoms with Gasteiger partial charge in [-0.25, -0.2) is 4.79 Å². The van der Waals surface area contributed by atoms with Gasteiger partial charge in [0.1, 0.15) is 0 Å². The van der Waals surface area contributed by atoms with Gasteiger partial charge in [0.2, 0.25) is 0 Å². The number of ether oxygens (including phenoxy) is 2.